The van der Waals surface area contributed by atoms with Crippen molar-refractivity contribution in [3.05, 3.63) is 30.5 Å². The molecule has 0 unspecified atom stereocenters. The molecule has 0 saturated heterocycles. The van der Waals surface area contributed by atoms with Gasteiger partial charge in [0, 0.05) is 20.3 Å². The summed E-state index contributed by atoms with van der Waals surface area (Å²) in [6.07, 6.45) is 3.98. The molecule has 0 radical (unpaired) electrons. The summed E-state index contributed by atoms with van der Waals surface area (Å²) in [5.41, 5.74) is 6.52. The summed E-state index contributed by atoms with van der Waals surface area (Å²) in [6, 6.07) is 3.72. The minimum absolute atomic E-state index is 0.497. The normalized spacial score (nSPS) is 10.4. The second-order valence-corrected chi connectivity index (χ2v) is 4.19. The van der Waals surface area contributed by atoms with Crippen molar-refractivity contribution >= 4 is 17.3 Å². The molecule has 2 heterocycles. The third kappa shape index (κ3) is 3.86. The maximum absolute atomic E-state index is 6.03. The lowest BCUT2D eigenvalue weighted by molar-refractivity contribution is 0.198. The van der Waals surface area contributed by atoms with Gasteiger partial charge in [0.1, 0.15) is 17.8 Å². The van der Waals surface area contributed by atoms with Gasteiger partial charge in [-0.3, -0.25) is 0 Å². The van der Waals surface area contributed by atoms with Crippen LogP contribution in [0.1, 0.15) is 12.2 Å². The molecule has 7 heteroatoms. The van der Waals surface area contributed by atoms with Crippen LogP contribution in [0.25, 0.3) is 0 Å². The first-order valence-electron chi connectivity index (χ1n) is 6.41. The van der Waals surface area contributed by atoms with E-state index in [1.165, 1.54) is 6.33 Å². The number of nitrogens with one attached hydrogen (secondary N) is 2. The molecule has 0 aliphatic rings. The highest BCUT2D eigenvalue weighted by Gasteiger charge is 2.07. The van der Waals surface area contributed by atoms with E-state index in [1.54, 1.807) is 13.4 Å². The first-order chi connectivity index (χ1) is 9.81. The van der Waals surface area contributed by atoms with Crippen LogP contribution in [0.2, 0.25) is 0 Å². The SMILES string of the molecule is COCCCNc1ncnc(NCc2ccco2)c1N. The predicted octanol–water partition coefficient (Wildman–Crippen LogP) is 1.71. The summed E-state index contributed by atoms with van der Waals surface area (Å²) < 4.78 is 10.2. The van der Waals surface area contributed by atoms with Crippen LogP contribution in [0.3, 0.4) is 0 Å². The maximum Gasteiger partial charge on any atom is 0.155 e. The fraction of sp³-hybridized carbons (Fsp3) is 0.385. The Hall–Kier alpha value is -2.28. The van der Waals surface area contributed by atoms with Crippen LogP contribution in [0.5, 0.6) is 0 Å². The number of nitrogens with zero attached hydrogens (tertiary/aromatic N) is 2. The van der Waals surface area contributed by atoms with E-state index in [0.717, 1.165) is 18.7 Å². The fourth-order valence-electron chi connectivity index (χ4n) is 1.68. The minimum Gasteiger partial charge on any atom is -0.467 e. The Morgan fingerprint density at radius 3 is 2.80 bits per heavy atom. The largest absolute Gasteiger partial charge is 0.467 e. The van der Waals surface area contributed by atoms with Crippen LogP contribution in [-0.2, 0) is 11.3 Å². The third-order valence-corrected chi connectivity index (χ3v) is 2.71. The summed E-state index contributed by atoms with van der Waals surface area (Å²) in [5.74, 6) is 2.03. The zero-order chi connectivity index (χ0) is 14.2. The van der Waals surface area contributed by atoms with Crippen molar-refractivity contribution in [2.75, 3.05) is 36.6 Å². The number of aromatic nitrogens is 2. The first kappa shape index (κ1) is 14.1. The summed E-state index contributed by atoms with van der Waals surface area (Å²) in [4.78, 5) is 8.26. The average Bonchev–Trinajstić information content (AvgIpc) is 2.97. The Morgan fingerprint density at radius 1 is 1.30 bits per heavy atom. The summed E-state index contributed by atoms with van der Waals surface area (Å²) in [7, 11) is 1.68. The lowest BCUT2D eigenvalue weighted by atomic mass is 10.3. The number of nitrogens with two attached hydrogens (primary N) is 1. The highest BCUT2D eigenvalue weighted by Crippen LogP contribution is 2.22. The Labute approximate surface area is 117 Å². The molecule has 0 aromatic carbocycles. The van der Waals surface area contributed by atoms with Gasteiger partial charge < -0.3 is 25.5 Å². The Balaban J connectivity index is 1.92. The Kier molecular flexibility index (Phi) is 5.19. The molecule has 0 aliphatic carbocycles. The molecule has 2 aromatic heterocycles. The van der Waals surface area contributed by atoms with Crippen molar-refractivity contribution in [2.24, 2.45) is 0 Å². The number of methoxy groups -OCH3 is 1. The van der Waals surface area contributed by atoms with Gasteiger partial charge in [0.05, 0.1) is 12.8 Å². The summed E-state index contributed by atoms with van der Waals surface area (Å²) >= 11 is 0. The van der Waals surface area contributed by atoms with Crippen molar-refractivity contribution in [1.29, 1.82) is 0 Å². The van der Waals surface area contributed by atoms with Crippen molar-refractivity contribution in [3.8, 4) is 0 Å². The highest BCUT2D eigenvalue weighted by molar-refractivity contribution is 5.73. The topological polar surface area (TPSA) is 98.2 Å². The van der Waals surface area contributed by atoms with Gasteiger partial charge >= 0.3 is 0 Å². The molecule has 108 valence electrons. The van der Waals surface area contributed by atoms with Gasteiger partial charge in [0.25, 0.3) is 0 Å². The summed E-state index contributed by atoms with van der Waals surface area (Å²) in [6.45, 7) is 1.96. The molecule has 7 nitrogen and oxygen atoms in total. The monoisotopic (exact) mass is 277 g/mol. The van der Waals surface area contributed by atoms with E-state index in [0.29, 0.717) is 30.5 Å². The van der Waals surface area contributed by atoms with E-state index in [4.69, 9.17) is 14.9 Å². The van der Waals surface area contributed by atoms with Crippen LogP contribution in [0, 0.1) is 0 Å². The molecule has 0 atom stereocenters. The number of ether oxygens (including phenoxy) is 1. The quantitative estimate of drug-likeness (QED) is 0.632. The number of furan rings is 1. The van der Waals surface area contributed by atoms with Gasteiger partial charge in [-0.05, 0) is 18.6 Å². The van der Waals surface area contributed by atoms with E-state index in [9.17, 15) is 0 Å². The van der Waals surface area contributed by atoms with E-state index < -0.39 is 0 Å². The van der Waals surface area contributed by atoms with Crippen LogP contribution in [-0.4, -0.2) is 30.2 Å². The third-order valence-electron chi connectivity index (χ3n) is 2.71. The predicted molar refractivity (Wildman–Crippen MR) is 77.5 cm³/mol. The first-order valence-corrected chi connectivity index (χ1v) is 6.41. The fourth-order valence-corrected chi connectivity index (χ4v) is 1.68. The number of hydrogen-bond acceptors (Lipinski definition) is 7. The van der Waals surface area contributed by atoms with E-state index in [1.807, 2.05) is 12.1 Å². The molecule has 0 saturated carbocycles. The number of nitrogen functional groups attached to an aromatic ring is 1. The molecule has 0 amide bonds. The molecule has 0 aliphatic heterocycles. The number of anilines is 3. The molecule has 0 bridgehead atoms. The van der Waals surface area contributed by atoms with Crippen molar-refractivity contribution < 1.29 is 9.15 Å². The van der Waals surface area contributed by atoms with E-state index >= 15 is 0 Å². The van der Waals surface area contributed by atoms with Crippen molar-refractivity contribution in [1.82, 2.24) is 9.97 Å². The lowest BCUT2D eigenvalue weighted by Gasteiger charge is -2.11. The van der Waals surface area contributed by atoms with Gasteiger partial charge in [-0.1, -0.05) is 0 Å². The zero-order valence-corrected chi connectivity index (χ0v) is 11.4. The molecule has 2 rings (SSSR count). The molecular formula is C13H19N5O2. The standard InChI is InChI=1S/C13H19N5O2/c1-19-6-3-5-15-12-11(14)13(18-9-17-12)16-8-10-4-2-7-20-10/h2,4,7,9H,3,5-6,8,14H2,1H3,(H2,15,16,17,18). The second kappa shape index (κ2) is 7.34. The highest BCUT2D eigenvalue weighted by atomic mass is 16.5. The lowest BCUT2D eigenvalue weighted by Crippen LogP contribution is -2.11. The molecule has 2 aromatic rings. The van der Waals surface area contributed by atoms with Crippen LogP contribution in [0.4, 0.5) is 17.3 Å². The van der Waals surface area contributed by atoms with Crippen molar-refractivity contribution in [2.45, 2.75) is 13.0 Å². The molecule has 4 N–H and O–H groups in total. The van der Waals surface area contributed by atoms with Gasteiger partial charge in [-0.2, -0.15) is 0 Å². The van der Waals surface area contributed by atoms with Gasteiger partial charge in [0.2, 0.25) is 0 Å². The van der Waals surface area contributed by atoms with E-state index in [-0.39, 0.29) is 0 Å². The molecule has 20 heavy (non-hydrogen) atoms. The van der Waals surface area contributed by atoms with Crippen LogP contribution < -0.4 is 16.4 Å². The smallest absolute Gasteiger partial charge is 0.155 e. The minimum atomic E-state index is 0.497. The molecule has 0 spiro atoms. The Morgan fingerprint density at radius 2 is 2.10 bits per heavy atom. The molecular weight excluding hydrogens is 258 g/mol. The van der Waals surface area contributed by atoms with Gasteiger partial charge in [-0.25, -0.2) is 9.97 Å². The zero-order valence-electron chi connectivity index (χ0n) is 11.4. The van der Waals surface area contributed by atoms with Gasteiger partial charge in [-0.15, -0.1) is 0 Å². The Bertz CT molecular complexity index is 515. The van der Waals surface area contributed by atoms with Crippen molar-refractivity contribution in [3.63, 3.8) is 0 Å². The van der Waals surface area contributed by atoms with Crippen LogP contribution >= 0.6 is 0 Å². The second-order valence-electron chi connectivity index (χ2n) is 4.19. The number of hydrogen-bond donors (Lipinski definition) is 3. The van der Waals surface area contributed by atoms with Gasteiger partial charge in [0.15, 0.2) is 11.6 Å². The van der Waals surface area contributed by atoms with E-state index in [2.05, 4.69) is 20.6 Å². The number of rotatable bonds is 8. The average molecular weight is 277 g/mol. The molecule has 0 fully saturated rings. The summed E-state index contributed by atoms with van der Waals surface area (Å²) in [5, 5.41) is 6.28. The van der Waals surface area contributed by atoms with Crippen LogP contribution in [0.15, 0.2) is 29.1 Å². The maximum atomic E-state index is 6.03.